The van der Waals surface area contributed by atoms with Gasteiger partial charge in [0, 0.05) is 25.6 Å². The first-order chi connectivity index (χ1) is 9.33. The van der Waals surface area contributed by atoms with E-state index in [0.29, 0.717) is 6.42 Å². The van der Waals surface area contributed by atoms with Crippen LogP contribution in [0.2, 0.25) is 0 Å². The molecule has 0 bridgehead atoms. The highest BCUT2D eigenvalue weighted by Gasteiger charge is 2.42. The largest absolute Gasteiger partial charge is 0.389 e. The molecule has 0 aromatic rings. The molecule has 3 unspecified atom stereocenters. The van der Waals surface area contributed by atoms with E-state index in [9.17, 15) is 20.1 Å². The Kier molecular flexibility index (Phi) is 6.31. The smallest absolute Gasteiger partial charge is 0.251 e. The summed E-state index contributed by atoms with van der Waals surface area (Å²) in [6, 6.07) is -0.886. The highest BCUT2D eigenvalue weighted by atomic mass is 16.5. The summed E-state index contributed by atoms with van der Waals surface area (Å²) < 4.78 is 5.21. The van der Waals surface area contributed by atoms with Crippen LogP contribution in [0.1, 0.15) is 13.3 Å². The lowest BCUT2D eigenvalue weighted by molar-refractivity contribution is -0.140. The average Bonchev–Trinajstić information content (AvgIpc) is 2.43. The molecular weight excluding hydrogens is 266 g/mol. The summed E-state index contributed by atoms with van der Waals surface area (Å²) in [5.41, 5.74) is 11.1. The molecular formula is C12H25N3O5. The minimum Gasteiger partial charge on any atom is -0.389 e. The molecule has 0 aromatic carbocycles. The van der Waals surface area contributed by atoms with E-state index >= 15 is 0 Å². The normalized spacial score (nSPS) is 37.2. The van der Waals surface area contributed by atoms with Gasteiger partial charge in [0.05, 0.1) is 12.1 Å². The molecule has 8 N–H and O–H groups in total. The molecule has 0 heterocycles. The molecule has 1 fully saturated rings. The molecule has 8 heteroatoms. The van der Waals surface area contributed by atoms with Crippen LogP contribution < -0.4 is 16.8 Å². The number of hydrogen-bond acceptors (Lipinski definition) is 7. The first kappa shape index (κ1) is 17.3. The van der Waals surface area contributed by atoms with Gasteiger partial charge in [0.15, 0.2) is 6.10 Å². The lowest BCUT2D eigenvalue weighted by Crippen LogP contribution is -2.62. The summed E-state index contributed by atoms with van der Waals surface area (Å²) in [7, 11) is 1.47. The van der Waals surface area contributed by atoms with Gasteiger partial charge in [0.2, 0.25) is 0 Å². The van der Waals surface area contributed by atoms with E-state index in [4.69, 9.17) is 16.2 Å². The van der Waals surface area contributed by atoms with E-state index in [1.165, 1.54) is 7.11 Å². The maximum absolute atomic E-state index is 11.8. The zero-order chi connectivity index (χ0) is 15.4. The molecule has 118 valence electrons. The molecule has 0 saturated heterocycles. The third-order valence-electron chi connectivity index (χ3n) is 3.94. The molecule has 1 saturated carbocycles. The Bertz CT molecular complexity index is 330. The number of carbonyl (C=O) groups excluding carboxylic acids is 1. The van der Waals surface area contributed by atoms with Gasteiger partial charge in [0.1, 0.15) is 12.2 Å². The second-order valence-corrected chi connectivity index (χ2v) is 5.31. The number of hydrogen-bond donors (Lipinski definition) is 6. The minimum absolute atomic E-state index is 0.0530. The Hall–Kier alpha value is -0.770. The zero-order valence-corrected chi connectivity index (χ0v) is 11.8. The lowest BCUT2D eigenvalue weighted by Gasteiger charge is -2.42. The number of nitrogens with one attached hydrogen (secondary N) is 1. The van der Waals surface area contributed by atoms with Gasteiger partial charge >= 0.3 is 0 Å². The zero-order valence-electron chi connectivity index (χ0n) is 11.8. The van der Waals surface area contributed by atoms with E-state index in [1.54, 1.807) is 0 Å². The van der Waals surface area contributed by atoms with Crippen molar-refractivity contribution < 1.29 is 24.9 Å². The molecule has 0 aliphatic heterocycles. The Balaban J connectivity index is 2.69. The molecule has 8 nitrogen and oxygen atoms in total. The highest BCUT2D eigenvalue weighted by molar-refractivity contribution is 5.81. The number of aliphatic hydroxyl groups is 3. The number of amides is 1. The fourth-order valence-electron chi connectivity index (χ4n) is 2.50. The van der Waals surface area contributed by atoms with Crippen LogP contribution in [0, 0.1) is 5.92 Å². The Morgan fingerprint density at radius 1 is 1.50 bits per heavy atom. The lowest BCUT2D eigenvalue weighted by atomic mass is 9.79. The predicted molar refractivity (Wildman–Crippen MR) is 71.6 cm³/mol. The SMILES string of the molecule is CO[C@@H]1C(O)[C@H](NC(=O)C(O)C(O)CN)C[C@H](N)[C@H]1C. The van der Waals surface area contributed by atoms with Crippen molar-refractivity contribution in [3.63, 3.8) is 0 Å². The van der Waals surface area contributed by atoms with Crippen LogP contribution >= 0.6 is 0 Å². The van der Waals surface area contributed by atoms with Gasteiger partial charge in [-0.15, -0.1) is 0 Å². The minimum atomic E-state index is -1.64. The average molecular weight is 291 g/mol. The summed E-state index contributed by atoms with van der Waals surface area (Å²) in [5, 5.41) is 31.6. The van der Waals surface area contributed by atoms with E-state index in [-0.39, 0.29) is 18.5 Å². The van der Waals surface area contributed by atoms with Crippen molar-refractivity contribution in [3.05, 3.63) is 0 Å². The van der Waals surface area contributed by atoms with Crippen LogP contribution in [0.5, 0.6) is 0 Å². The van der Waals surface area contributed by atoms with Crippen molar-refractivity contribution in [1.82, 2.24) is 5.32 Å². The molecule has 1 amide bonds. The maximum Gasteiger partial charge on any atom is 0.251 e. The van der Waals surface area contributed by atoms with Crippen LogP contribution in [0.15, 0.2) is 0 Å². The molecule has 0 aromatic heterocycles. The number of ether oxygens (including phenoxy) is 1. The standard InChI is InChI=1S/C12H25N3O5/c1-5-6(14)3-7(9(17)11(5)20-2)15-12(19)10(18)8(16)4-13/h5-11,16-18H,3-4,13-14H2,1-2H3,(H,15,19)/t5-,6+,7-,8?,9?,10?,11+/m1/s1. The van der Waals surface area contributed by atoms with Gasteiger partial charge in [-0.3, -0.25) is 4.79 Å². The van der Waals surface area contributed by atoms with Crippen LogP contribution in [0.3, 0.4) is 0 Å². The van der Waals surface area contributed by atoms with Gasteiger partial charge < -0.3 is 36.8 Å². The third-order valence-corrected chi connectivity index (χ3v) is 3.94. The first-order valence-electron chi connectivity index (χ1n) is 6.66. The predicted octanol–water partition coefficient (Wildman–Crippen LogP) is -3.11. The van der Waals surface area contributed by atoms with Crippen molar-refractivity contribution in [3.8, 4) is 0 Å². The number of nitrogens with two attached hydrogens (primary N) is 2. The fourth-order valence-corrected chi connectivity index (χ4v) is 2.50. The van der Waals surface area contributed by atoms with Crippen LogP contribution in [-0.4, -0.2) is 71.4 Å². The Labute approximate surface area is 118 Å². The van der Waals surface area contributed by atoms with Crippen LogP contribution in [0.25, 0.3) is 0 Å². The number of carbonyl (C=O) groups is 1. The molecule has 1 rings (SSSR count). The quantitative estimate of drug-likeness (QED) is 0.314. The number of methoxy groups -OCH3 is 1. The second-order valence-electron chi connectivity index (χ2n) is 5.31. The van der Waals surface area contributed by atoms with Crippen LogP contribution in [0.4, 0.5) is 0 Å². The van der Waals surface area contributed by atoms with Gasteiger partial charge in [-0.05, 0) is 6.42 Å². The molecule has 1 aliphatic carbocycles. The maximum atomic E-state index is 11.8. The van der Waals surface area contributed by atoms with Crippen molar-refractivity contribution in [1.29, 1.82) is 0 Å². The molecule has 1 aliphatic rings. The summed E-state index contributed by atoms with van der Waals surface area (Å²) >= 11 is 0. The molecule has 20 heavy (non-hydrogen) atoms. The second kappa shape index (κ2) is 7.30. The van der Waals surface area contributed by atoms with E-state index in [0.717, 1.165) is 0 Å². The number of aliphatic hydroxyl groups excluding tert-OH is 3. The third kappa shape index (κ3) is 3.66. The monoisotopic (exact) mass is 291 g/mol. The molecule has 0 radical (unpaired) electrons. The summed E-state index contributed by atoms with van der Waals surface area (Å²) in [6.07, 6.45) is -4.05. The molecule has 7 atom stereocenters. The van der Waals surface area contributed by atoms with E-state index in [2.05, 4.69) is 5.32 Å². The molecule has 0 spiro atoms. The van der Waals surface area contributed by atoms with Gasteiger partial charge in [-0.1, -0.05) is 6.92 Å². The first-order valence-corrected chi connectivity index (χ1v) is 6.66. The summed E-state index contributed by atoms with van der Waals surface area (Å²) in [4.78, 5) is 11.8. The number of rotatable bonds is 5. The Morgan fingerprint density at radius 3 is 2.60 bits per heavy atom. The summed E-state index contributed by atoms with van der Waals surface area (Å²) in [6.45, 7) is 1.63. The topological polar surface area (TPSA) is 151 Å². The van der Waals surface area contributed by atoms with Gasteiger partial charge in [0.25, 0.3) is 5.91 Å². The van der Waals surface area contributed by atoms with Crippen molar-refractivity contribution in [2.45, 2.75) is 49.8 Å². The van der Waals surface area contributed by atoms with Crippen LogP contribution in [-0.2, 0) is 9.53 Å². The van der Waals surface area contributed by atoms with Gasteiger partial charge in [-0.2, -0.15) is 0 Å². The summed E-state index contributed by atoms with van der Waals surface area (Å²) in [5.74, 6) is -0.841. The Morgan fingerprint density at radius 2 is 2.10 bits per heavy atom. The van der Waals surface area contributed by atoms with Crippen molar-refractivity contribution in [2.24, 2.45) is 17.4 Å². The van der Waals surface area contributed by atoms with Crippen molar-refractivity contribution >= 4 is 5.91 Å². The fraction of sp³-hybridized carbons (Fsp3) is 0.917. The van der Waals surface area contributed by atoms with E-state index in [1.807, 2.05) is 6.92 Å². The van der Waals surface area contributed by atoms with Crippen molar-refractivity contribution in [2.75, 3.05) is 13.7 Å². The van der Waals surface area contributed by atoms with E-state index < -0.39 is 36.4 Å². The highest BCUT2D eigenvalue weighted by Crippen LogP contribution is 2.26. The van der Waals surface area contributed by atoms with Gasteiger partial charge in [-0.25, -0.2) is 0 Å².